The van der Waals surface area contributed by atoms with Crippen molar-refractivity contribution in [3.63, 3.8) is 0 Å². The average Bonchev–Trinajstić information content (AvgIpc) is 3.55. The van der Waals surface area contributed by atoms with Crippen LogP contribution in [-0.2, 0) is 13.0 Å². The highest BCUT2D eigenvalue weighted by molar-refractivity contribution is 5.44. The Bertz CT molecular complexity index is 1220. The normalized spacial score (nSPS) is 13.2. The number of hydrogen-bond acceptors (Lipinski definition) is 8. The van der Waals surface area contributed by atoms with E-state index in [1.165, 1.54) is 0 Å². The molecule has 1 atom stereocenters. The van der Waals surface area contributed by atoms with Crippen LogP contribution in [0.5, 0.6) is 11.5 Å². The van der Waals surface area contributed by atoms with Gasteiger partial charge in [0.25, 0.3) is 0 Å². The number of benzene rings is 1. The Morgan fingerprint density at radius 3 is 2.79 bits per heavy atom. The molecule has 0 spiro atoms. The van der Waals surface area contributed by atoms with Gasteiger partial charge in [0, 0.05) is 50.1 Å². The molecule has 1 aliphatic heterocycles. The molecule has 0 bridgehead atoms. The lowest BCUT2D eigenvalue weighted by Gasteiger charge is -2.20. The van der Waals surface area contributed by atoms with Crippen LogP contribution in [-0.4, -0.2) is 44.4 Å². The summed E-state index contributed by atoms with van der Waals surface area (Å²) in [7, 11) is 0. The van der Waals surface area contributed by atoms with Gasteiger partial charge in [0.1, 0.15) is 6.33 Å². The number of imidazole rings is 1. The maximum atomic E-state index is 5.46. The van der Waals surface area contributed by atoms with Gasteiger partial charge in [-0.2, -0.15) is 0 Å². The highest BCUT2D eigenvalue weighted by atomic mass is 16.7. The van der Waals surface area contributed by atoms with Crippen molar-refractivity contribution in [3.05, 3.63) is 90.0 Å². The van der Waals surface area contributed by atoms with Crippen molar-refractivity contribution in [2.24, 2.45) is 0 Å². The summed E-state index contributed by atoms with van der Waals surface area (Å²) >= 11 is 0. The second-order valence-electron chi connectivity index (χ2n) is 8.14. The first kappa shape index (κ1) is 22.0. The first-order chi connectivity index (χ1) is 16.7. The van der Waals surface area contributed by atoms with E-state index in [1.54, 1.807) is 18.7 Å². The predicted molar refractivity (Wildman–Crippen MR) is 127 cm³/mol. The fraction of sp³-hybridized carbons (Fsp3) is 0.280. The van der Waals surface area contributed by atoms with Crippen LogP contribution in [0, 0.1) is 6.92 Å². The Hall–Kier alpha value is -3.82. The van der Waals surface area contributed by atoms with E-state index in [2.05, 4.69) is 37.7 Å². The first-order valence-electron chi connectivity index (χ1n) is 11.3. The van der Waals surface area contributed by atoms with Crippen molar-refractivity contribution in [1.29, 1.82) is 0 Å². The number of aryl methyl sites for hydroxylation is 1. The average molecular weight is 458 g/mol. The molecule has 5 rings (SSSR count). The maximum absolute atomic E-state index is 5.46. The third-order valence-electron chi connectivity index (χ3n) is 5.58. The predicted octanol–water partition coefficient (Wildman–Crippen LogP) is 2.76. The summed E-state index contributed by atoms with van der Waals surface area (Å²) in [5.74, 6) is 2.23. The highest BCUT2D eigenvalue weighted by Gasteiger charge is 2.17. The van der Waals surface area contributed by atoms with E-state index in [4.69, 9.17) is 14.5 Å². The minimum absolute atomic E-state index is 0.0144. The van der Waals surface area contributed by atoms with E-state index >= 15 is 0 Å². The molecule has 2 N–H and O–H groups in total. The summed E-state index contributed by atoms with van der Waals surface area (Å²) in [6.07, 6.45) is 9.75. The first-order valence-corrected chi connectivity index (χ1v) is 11.3. The van der Waals surface area contributed by atoms with Gasteiger partial charge >= 0.3 is 0 Å². The van der Waals surface area contributed by atoms with Crippen LogP contribution in [0.15, 0.2) is 67.5 Å². The molecule has 0 fully saturated rings. The van der Waals surface area contributed by atoms with E-state index in [9.17, 15) is 0 Å². The standard InChI is InChI=1S/C25H27N7O2/c1-18-11-22(31-25(30-18)32-10-9-28-16-32)21(12-19-3-2-6-26-14-19)29-8-7-27-15-20-4-5-23-24(13-20)34-17-33-23/h2-6,9-11,13-14,16,21,27,29H,7-8,12,15,17H2,1H3. The summed E-state index contributed by atoms with van der Waals surface area (Å²) in [5, 5.41) is 7.15. The number of ether oxygens (including phenoxy) is 2. The van der Waals surface area contributed by atoms with Gasteiger partial charge in [-0.05, 0) is 48.7 Å². The van der Waals surface area contributed by atoms with Crippen molar-refractivity contribution in [1.82, 2.24) is 35.1 Å². The Morgan fingerprint density at radius 1 is 1.00 bits per heavy atom. The van der Waals surface area contributed by atoms with E-state index in [-0.39, 0.29) is 6.04 Å². The van der Waals surface area contributed by atoms with Gasteiger partial charge in [-0.3, -0.25) is 9.55 Å². The molecule has 9 nitrogen and oxygen atoms in total. The van der Waals surface area contributed by atoms with Gasteiger partial charge in [0.15, 0.2) is 11.5 Å². The number of aromatic nitrogens is 5. The molecule has 174 valence electrons. The van der Waals surface area contributed by atoms with Crippen LogP contribution in [0.3, 0.4) is 0 Å². The van der Waals surface area contributed by atoms with E-state index in [0.29, 0.717) is 12.7 Å². The zero-order chi connectivity index (χ0) is 23.2. The molecule has 4 aromatic rings. The second-order valence-corrected chi connectivity index (χ2v) is 8.14. The molecular formula is C25H27N7O2. The lowest BCUT2D eigenvalue weighted by Crippen LogP contribution is -2.32. The lowest BCUT2D eigenvalue weighted by molar-refractivity contribution is 0.174. The Balaban J connectivity index is 1.24. The number of rotatable bonds is 10. The van der Waals surface area contributed by atoms with Crippen LogP contribution in [0.4, 0.5) is 0 Å². The van der Waals surface area contributed by atoms with Crippen LogP contribution in [0.2, 0.25) is 0 Å². The molecule has 0 saturated heterocycles. The minimum atomic E-state index is 0.0144. The zero-order valence-corrected chi connectivity index (χ0v) is 19.0. The molecule has 0 saturated carbocycles. The molecule has 1 aliphatic rings. The minimum Gasteiger partial charge on any atom is -0.454 e. The molecule has 1 unspecified atom stereocenters. The summed E-state index contributed by atoms with van der Waals surface area (Å²) in [6, 6.07) is 12.1. The van der Waals surface area contributed by atoms with Gasteiger partial charge in [-0.25, -0.2) is 15.0 Å². The topological polar surface area (TPSA) is 99.0 Å². The fourth-order valence-corrected chi connectivity index (χ4v) is 3.90. The van der Waals surface area contributed by atoms with Crippen LogP contribution < -0.4 is 20.1 Å². The van der Waals surface area contributed by atoms with Crippen LogP contribution in [0.25, 0.3) is 5.95 Å². The van der Waals surface area contributed by atoms with Crippen molar-refractivity contribution in [3.8, 4) is 17.4 Å². The van der Waals surface area contributed by atoms with Crippen LogP contribution in [0.1, 0.15) is 28.6 Å². The molecule has 3 aromatic heterocycles. The summed E-state index contributed by atoms with van der Waals surface area (Å²) < 4.78 is 12.7. The maximum Gasteiger partial charge on any atom is 0.235 e. The van der Waals surface area contributed by atoms with E-state index in [0.717, 1.165) is 60.1 Å². The number of hydrogen-bond donors (Lipinski definition) is 2. The molecule has 0 radical (unpaired) electrons. The van der Waals surface area contributed by atoms with E-state index < -0.39 is 0 Å². The van der Waals surface area contributed by atoms with E-state index in [1.807, 2.05) is 48.1 Å². The van der Waals surface area contributed by atoms with Gasteiger partial charge in [0.05, 0.1) is 11.7 Å². The molecule has 0 amide bonds. The number of fused-ring (bicyclic) bond motifs is 1. The van der Waals surface area contributed by atoms with Crippen molar-refractivity contribution in [2.75, 3.05) is 19.9 Å². The van der Waals surface area contributed by atoms with Crippen molar-refractivity contribution < 1.29 is 9.47 Å². The molecular weight excluding hydrogens is 430 g/mol. The molecule has 9 heteroatoms. The van der Waals surface area contributed by atoms with Gasteiger partial charge < -0.3 is 20.1 Å². The fourth-order valence-electron chi connectivity index (χ4n) is 3.90. The Kier molecular flexibility index (Phi) is 6.73. The molecule has 1 aromatic carbocycles. The van der Waals surface area contributed by atoms with Crippen LogP contribution >= 0.6 is 0 Å². The number of nitrogens with one attached hydrogen (secondary N) is 2. The highest BCUT2D eigenvalue weighted by Crippen LogP contribution is 2.32. The molecule has 34 heavy (non-hydrogen) atoms. The quantitative estimate of drug-likeness (QED) is 0.351. The largest absolute Gasteiger partial charge is 0.454 e. The van der Waals surface area contributed by atoms with Gasteiger partial charge in [0.2, 0.25) is 12.7 Å². The number of pyridine rings is 1. The van der Waals surface area contributed by atoms with Gasteiger partial charge in [-0.1, -0.05) is 12.1 Å². The second kappa shape index (κ2) is 10.4. The third-order valence-corrected chi connectivity index (χ3v) is 5.58. The molecule has 4 heterocycles. The van der Waals surface area contributed by atoms with Crippen molar-refractivity contribution in [2.45, 2.75) is 25.9 Å². The summed E-state index contributed by atoms with van der Waals surface area (Å²) in [6.45, 7) is 4.61. The SMILES string of the molecule is Cc1cc(C(Cc2cccnc2)NCCNCc2ccc3c(c2)OCO3)nc(-n2ccnc2)n1. The zero-order valence-electron chi connectivity index (χ0n) is 19.0. The third kappa shape index (κ3) is 5.38. The van der Waals surface area contributed by atoms with Crippen molar-refractivity contribution >= 4 is 0 Å². The molecule has 0 aliphatic carbocycles. The monoisotopic (exact) mass is 457 g/mol. The number of nitrogens with zero attached hydrogens (tertiary/aromatic N) is 5. The Labute approximate surface area is 198 Å². The smallest absolute Gasteiger partial charge is 0.235 e. The Morgan fingerprint density at radius 2 is 1.94 bits per heavy atom. The van der Waals surface area contributed by atoms with Gasteiger partial charge in [-0.15, -0.1) is 0 Å². The summed E-state index contributed by atoms with van der Waals surface area (Å²) in [5.41, 5.74) is 4.16. The summed E-state index contributed by atoms with van der Waals surface area (Å²) in [4.78, 5) is 17.8. The lowest BCUT2D eigenvalue weighted by atomic mass is 10.0.